The van der Waals surface area contributed by atoms with E-state index in [0.29, 0.717) is 26.5 Å². The number of nitrogens with one attached hydrogen (secondary N) is 1. The molecular weight excluding hydrogens is 379 g/mol. The van der Waals surface area contributed by atoms with Gasteiger partial charge in [0.2, 0.25) is 5.91 Å². The molecule has 0 unspecified atom stereocenters. The van der Waals surface area contributed by atoms with Crippen LogP contribution in [-0.4, -0.2) is 26.8 Å². The number of hydrogen-bond donors (Lipinski definition) is 1. The molecule has 0 saturated carbocycles. The number of hydrogen-bond acceptors (Lipinski definition) is 5. The summed E-state index contributed by atoms with van der Waals surface area (Å²) >= 11 is 13.1. The first kappa shape index (κ1) is 17.7. The highest BCUT2D eigenvalue weighted by molar-refractivity contribution is 7.99. The SMILES string of the molecule is O=C(CSc1ccc(-c2ccccn2)nn1)Nc1cc(Cl)cc(Cl)c1. The van der Waals surface area contributed by atoms with Crippen LogP contribution in [0.1, 0.15) is 0 Å². The quantitative estimate of drug-likeness (QED) is 0.645. The zero-order chi connectivity index (χ0) is 17.6. The van der Waals surface area contributed by atoms with Gasteiger partial charge in [-0.3, -0.25) is 9.78 Å². The Morgan fingerprint density at radius 3 is 2.44 bits per heavy atom. The lowest BCUT2D eigenvalue weighted by Crippen LogP contribution is -2.14. The van der Waals surface area contributed by atoms with E-state index < -0.39 is 0 Å². The van der Waals surface area contributed by atoms with Gasteiger partial charge < -0.3 is 5.32 Å². The van der Waals surface area contributed by atoms with Gasteiger partial charge in [0.15, 0.2) is 0 Å². The van der Waals surface area contributed by atoms with Gasteiger partial charge >= 0.3 is 0 Å². The number of nitrogens with zero attached hydrogens (tertiary/aromatic N) is 3. The molecule has 1 aromatic carbocycles. The zero-order valence-corrected chi connectivity index (χ0v) is 15.1. The highest BCUT2D eigenvalue weighted by Gasteiger charge is 2.07. The largest absolute Gasteiger partial charge is 0.325 e. The summed E-state index contributed by atoms with van der Waals surface area (Å²) in [5.41, 5.74) is 1.99. The standard InChI is InChI=1S/C17H12Cl2N4OS/c18-11-7-12(19)9-13(8-11)21-16(24)10-25-17-5-4-15(22-23-17)14-3-1-2-6-20-14/h1-9H,10H2,(H,21,24). The number of halogens is 2. The van der Waals surface area contributed by atoms with E-state index in [1.807, 2.05) is 30.3 Å². The summed E-state index contributed by atoms with van der Waals surface area (Å²) in [7, 11) is 0. The Balaban J connectivity index is 1.57. The van der Waals surface area contributed by atoms with Crippen LogP contribution in [0.5, 0.6) is 0 Å². The molecule has 25 heavy (non-hydrogen) atoms. The van der Waals surface area contributed by atoms with E-state index in [4.69, 9.17) is 23.2 Å². The number of amides is 1. The van der Waals surface area contributed by atoms with Crippen molar-refractivity contribution >= 4 is 46.6 Å². The molecule has 0 spiro atoms. The molecule has 0 aliphatic rings. The van der Waals surface area contributed by atoms with Gasteiger partial charge in [0, 0.05) is 21.9 Å². The number of rotatable bonds is 5. The van der Waals surface area contributed by atoms with Crippen molar-refractivity contribution in [3.63, 3.8) is 0 Å². The van der Waals surface area contributed by atoms with Gasteiger partial charge in [-0.15, -0.1) is 10.2 Å². The van der Waals surface area contributed by atoms with E-state index in [9.17, 15) is 4.79 Å². The number of carbonyl (C=O) groups is 1. The maximum atomic E-state index is 12.0. The van der Waals surface area contributed by atoms with Crippen LogP contribution in [-0.2, 0) is 4.79 Å². The molecule has 0 radical (unpaired) electrons. The molecule has 8 heteroatoms. The first-order valence-electron chi connectivity index (χ1n) is 7.24. The van der Waals surface area contributed by atoms with E-state index in [0.717, 1.165) is 5.69 Å². The van der Waals surface area contributed by atoms with Gasteiger partial charge in [0.1, 0.15) is 10.7 Å². The first-order valence-corrected chi connectivity index (χ1v) is 8.98. The summed E-state index contributed by atoms with van der Waals surface area (Å²) in [6.07, 6.45) is 1.70. The molecule has 1 N–H and O–H groups in total. The van der Waals surface area contributed by atoms with Crippen LogP contribution in [0.2, 0.25) is 10.0 Å². The second-order valence-electron chi connectivity index (χ2n) is 4.97. The number of anilines is 1. The van der Waals surface area contributed by atoms with Crippen molar-refractivity contribution in [2.24, 2.45) is 0 Å². The van der Waals surface area contributed by atoms with Crippen molar-refractivity contribution in [3.8, 4) is 11.4 Å². The van der Waals surface area contributed by atoms with Crippen LogP contribution in [0.15, 0.2) is 59.8 Å². The fourth-order valence-electron chi connectivity index (χ4n) is 2.01. The van der Waals surface area contributed by atoms with Crippen molar-refractivity contribution in [1.82, 2.24) is 15.2 Å². The number of aromatic nitrogens is 3. The smallest absolute Gasteiger partial charge is 0.234 e. The van der Waals surface area contributed by atoms with E-state index in [1.165, 1.54) is 11.8 Å². The Kier molecular flexibility index (Phi) is 5.86. The molecule has 5 nitrogen and oxygen atoms in total. The molecule has 0 saturated heterocycles. The van der Waals surface area contributed by atoms with Crippen molar-refractivity contribution in [3.05, 3.63) is 64.8 Å². The predicted molar refractivity (Wildman–Crippen MR) is 101 cm³/mol. The van der Waals surface area contributed by atoms with Crippen LogP contribution >= 0.6 is 35.0 Å². The van der Waals surface area contributed by atoms with Crippen molar-refractivity contribution in [1.29, 1.82) is 0 Å². The van der Waals surface area contributed by atoms with Gasteiger partial charge in [0.05, 0.1) is 11.4 Å². The molecule has 2 heterocycles. The van der Waals surface area contributed by atoms with E-state index in [1.54, 1.807) is 24.4 Å². The molecule has 0 fully saturated rings. The summed E-state index contributed by atoms with van der Waals surface area (Å²) in [6.45, 7) is 0. The third-order valence-electron chi connectivity index (χ3n) is 3.06. The van der Waals surface area contributed by atoms with E-state index in [2.05, 4.69) is 20.5 Å². The zero-order valence-electron chi connectivity index (χ0n) is 12.8. The summed E-state index contributed by atoms with van der Waals surface area (Å²) in [5.74, 6) is 0.0146. The van der Waals surface area contributed by atoms with Crippen LogP contribution < -0.4 is 5.32 Å². The second-order valence-corrected chi connectivity index (χ2v) is 6.84. The lowest BCUT2D eigenvalue weighted by atomic mass is 10.2. The van der Waals surface area contributed by atoms with Crippen LogP contribution in [0.25, 0.3) is 11.4 Å². The molecule has 0 aliphatic heterocycles. The average molecular weight is 391 g/mol. The fourth-order valence-corrected chi connectivity index (χ4v) is 3.15. The Labute approximate surface area is 158 Å². The molecule has 126 valence electrons. The summed E-state index contributed by atoms with van der Waals surface area (Å²) in [4.78, 5) is 16.2. The minimum absolute atomic E-state index is 0.182. The Bertz CT molecular complexity index is 855. The molecule has 0 bridgehead atoms. The number of pyridine rings is 1. The van der Waals surface area contributed by atoms with Crippen LogP contribution in [0.3, 0.4) is 0 Å². The fraction of sp³-hybridized carbons (Fsp3) is 0.0588. The van der Waals surface area contributed by atoms with Crippen LogP contribution in [0.4, 0.5) is 5.69 Å². The van der Waals surface area contributed by atoms with E-state index in [-0.39, 0.29) is 11.7 Å². The van der Waals surface area contributed by atoms with Gasteiger partial charge in [-0.25, -0.2) is 0 Å². The normalized spacial score (nSPS) is 10.5. The van der Waals surface area contributed by atoms with Gasteiger partial charge in [0.25, 0.3) is 0 Å². The Morgan fingerprint density at radius 1 is 1.00 bits per heavy atom. The second kappa shape index (κ2) is 8.29. The third-order valence-corrected chi connectivity index (χ3v) is 4.42. The molecule has 0 aliphatic carbocycles. The van der Waals surface area contributed by atoms with Crippen molar-refractivity contribution in [2.75, 3.05) is 11.1 Å². The number of carbonyl (C=O) groups excluding carboxylic acids is 1. The van der Waals surface area contributed by atoms with Crippen molar-refractivity contribution in [2.45, 2.75) is 5.03 Å². The molecule has 3 rings (SSSR count). The van der Waals surface area contributed by atoms with Gasteiger partial charge in [-0.2, -0.15) is 0 Å². The molecule has 0 atom stereocenters. The number of benzene rings is 1. The first-order chi connectivity index (χ1) is 12.1. The topological polar surface area (TPSA) is 67.8 Å². The minimum atomic E-state index is -0.182. The summed E-state index contributed by atoms with van der Waals surface area (Å²) < 4.78 is 0. The lowest BCUT2D eigenvalue weighted by molar-refractivity contribution is -0.113. The summed E-state index contributed by atoms with van der Waals surface area (Å²) in [6, 6.07) is 14.1. The molecule has 1 amide bonds. The highest BCUT2D eigenvalue weighted by atomic mass is 35.5. The monoisotopic (exact) mass is 390 g/mol. The van der Waals surface area contributed by atoms with E-state index >= 15 is 0 Å². The molecule has 3 aromatic rings. The Hall–Kier alpha value is -2.15. The Morgan fingerprint density at radius 2 is 1.80 bits per heavy atom. The minimum Gasteiger partial charge on any atom is -0.325 e. The highest BCUT2D eigenvalue weighted by Crippen LogP contribution is 2.23. The lowest BCUT2D eigenvalue weighted by Gasteiger charge is -2.06. The average Bonchev–Trinajstić information content (AvgIpc) is 2.60. The molecular formula is C17H12Cl2N4OS. The molecule has 2 aromatic heterocycles. The van der Waals surface area contributed by atoms with Gasteiger partial charge in [-0.05, 0) is 42.5 Å². The predicted octanol–water partition coefficient (Wildman–Crippen LogP) is 4.58. The third kappa shape index (κ3) is 5.16. The summed E-state index contributed by atoms with van der Waals surface area (Å²) in [5, 5.41) is 12.6. The van der Waals surface area contributed by atoms with Crippen LogP contribution in [0, 0.1) is 0 Å². The maximum absolute atomic E-state index is 12.0. The number of thioether (sulfide) groups is 1. The van der Waals surface area contributed by atoms with Gasteiger partial charge in [-0.1, -0.05) is 41.0 Å². The van der Waals surface area contributed by atoms with Crippen molar-refractivity contribution < 1.29 is 4.79 Å². The maximum Gasteiger partial charge on any atom is 0.234 e.